The van der Waals surface area contributed by atoms with Crippen LogP contribution in [0.1, 0.15) is 100 Å². The van der Waals surface area contributed by atoms with Gasteiger partial charge in [0.25, 0.3) is 0 Å². The van der Waals surface area contributed by atoms with E-state index in [4.69, 9.17) is 4.98 Å². The van der Waals surface area contributed by atoms with Gasteiger partial charge in [0.2, 0.25) is 11.8 Å². The summed E-state index contributed by atoms with van der Waals surface area (Å²) in [6.07, 6.45) is 11.4. The lowest BCUT2D eigenvalue weighted by molar-refractivity contribution is -0.139. The van der Waals surface area contributed by atoms with Crippen molar-refractivity contribution in [2.45, 2.75) is 82.8 Å². The summed E-state index contributed by atoms with van der Waals surface area (Å²) in [6.45, 7) is 4.87. The molecule has 3 fully saturated rings. The number of aromatic amines is 2. The van der Waals surface area contributed by atoms with E-state index in [1.807, 2.05) is 35.5 Å². The van der Waals surface area contributed by atoms with Gasteiger partial charge in [-0.25, -0.2) is 9.97 Å². The highest BCUT2D eigenvalue weighted by atomic mass is 16.2. The minimum Gasteiger partial charge on any atom is -0.340 e. The molecule has 0 bridgehead atoms. The molecule has 3 aliphatic rings. The van der Waals surface area contributed by atoms with E-state index in [1.54, 1.807) is 0 Å². The van der Waals surface area contributed by atoms with Crippen LogP contribution in [0.15, 0.2) is 91.3 Å². The molecule has 5 aromatic rings. The molecule has 278 valence electrons. The Morgan fingerprint density at radius 1 is 0.630 bits per heavy atom. The lowest BCUT2D eigenvalue weighted by Crippen LogP contribution is -2.44. The van der Waals surface area contributed by atoms with E-state index in [-0.39, 0.29) is 48.6 Å². The quantitative estimate of drug-likeness (QED) is 0.142. The number of Topliss-reactive ketones (excluding diaryl/α,β-unsaturated/α-hetero) is 1. The number of piperidine rings is 1. The van der Waals surface area contributed by atoms with Gasteiger partial charge in [0.05, 0.1) is 35.9 Å². The van der Waals surface area contributed by atoms with Crippen molar-refractivity contribution in [2.24, 2.45) is 0 Å². The zero-order valence-electron chi connectivity index (χ0n) is 31.0. The molecule has 5 heterocycles. The van der Waals surface area contributed by atoms with Crippen molar-refractivity contribution in [3.05, 3.63) is 108 Å². The number of carbonyl (C=O) groups excluding carboxylic acids is 3. The molecule has 2 N–H and O–H groups in total. The number of aromatic nitrogens is 4. The van der Waals surface area contributed by atoms with Crippen LogP contribution in [0.5, 0.6) is 0 Å². The first-order valence-electron chi connectivity index (χ1n) is 19.6. The maximum absolute atomic E-state index is 14.3. The van der Waals surface area contributed by atoms with Crippen LogP contribution in [0.25, 0.3) is 33.6 Å². The van der Waals surface area contributed by atoms with Crippen LogP contribution in [0.3, 0.4) is 0 Å². The minimum absolute atomic E-state index is 0.0155. The highest BCUT2D eigenvalue weighted by Gasteiger charge is 2.39. The molecular weight excluding hydrogens is 675 g/mol. The number of nitrogens with zero attached hydrogens (tertiary/aromatic N) is 5. The predicted molar refractivity (Wildman–Crippen MR) is 209 cm³/mol. The molecule has 54 heavy (non-hydrogen) atoms. The SMILES string of the molecule is CC(=O)CCC(=O)N1CCC[C@H]1c1ncc(-c2ccc(-c3ccc(-c4cnc([C@@H]5CCCN5C(=O)C(c5ccccc5)N5CCCCC5)[nH]4)cc3)cc2)[nH]1. The van der Waals surface area contributed by atoms with Gasteiger partial charge in [0.15, 0.2) is 0 Å². The number of nitrogens with one attached hydrogen (secondary N) is 2. The maximum Gasteiger partial charge on any atom is 0.245 e. The number of amides is 2. The number of H-pyrrole nitrogens is 2. The molecular formula is C44H49N7O3. The molecule has 2 amide bonds. The Balaban J connectivity index is 0.929. The second-order valence-electron chi connectivity index (χ2n) is 15.1. The standard InChI is InChI=1S/C44H49N7O3/c1-30(52)14-23-40(53)50-26-8-12-38(50)42-45-28-36(47-42)33-19-15-31(16-20-33)32-17-21-34(22-18-32)37-29-46-43(48-37)39-13-9-27-51(39)44(54)41(35-10-4-2-5-11-35)49-24-6-3-7-25-49/h2,4-5,10-11,15-22,28-29,38-39,41H,3,6-9,12-14,23-27H2,1H3,(H,45,47)(H,46,48)/t38-,39-,41?/m0/s1. The summed E-state index contributed by atoms with van der Waals surface area (Å²) in [5.41, 5.74) is 7.22. The lowest BCUT2D eigenvalue weighted by atomic mass is 10.00. The molecule has 10 nitrogen and oxygen atoms in total. The average molecular weight is 724 g/mol. The van der Waals surface area contributed by atoms with Gasteiger partial charge in [-0.05, 0) is 86.4 Å². The third-order valence-corrected chi connectivity index (χ3v) is 11.5. The Labute approximate surface area is 317 Å². The normalized spacial score (nSPS) is 19.6. The number of ketones is 1. The molecule has 3 saturated heterocycles. The second-order valence-corrected chi connectivity index (χ2v) is 15.1. The highest BCUT2D eigenvalue weighted by molar-refractivity contribution is 5.85. The van der Waals surface area contributed by atoms with Gasteiger partial charge < -0.3 is 24.6 Å². The summed E-state index contributed by atoms with van der Waals surface area (Å²) < 4.78 is 0. The van der Waals surface area contributed by atoms with Crippen LogP contribution < -0.4 is 0 Å². The van der Waals surface area contributed by atoms with Gasteiger partial charge in [-0.3, -0.25) is 14.5 Å². The van der Waals surface area contributed by atoms with Crippen molar-refractivity contribution in [2.75, 3.05) is 26.2 Å². The maximum atomic E-state index is 14.3. The second kappa shape index (κ2) is 15.9. The van der Waals surface area contributed by atoms with E-state index in [0.29, 0.717) is 6.54 Å². The fraction of sp³-hybridized carbons (Fsp3) is 0.386. The molecule has 0 spiro atoms. The van der Waals surface area contributed by atoms with Crippen molar-refractivity contribution >= 4 is 17.6 Å². The first-order chi connectivity index (χ1) is 26.4. The fourth-order valence-corrected chi connectivity index (χ4v) is 8.56. The zero-order chi connectivity index (χ0) is 37.0. The first kappa shape index (κ1) is 35.7. The Kier molecular flexibility index (Phi) is 10.5. The smallest absolute Gasteiger partial charge is 0.245 e. The van der Waals surface area contributed by atoms with Gasteiger partial charge in [-0.1, -0.05) is 85.3 Å². The summed E-state index contributed by atoms with van der Waals surface area (Å²) in [4.78, 5) is 61.4. The van der Waals surface area contributed by atoms with Crippen LogP contribution in [0.4, 0.5) is 0 Å². The molecule has 0 saturated carbocycles. The van der Waals surface area contributed by atoms with Crippen LogP contribution in [-0.2, 0) is 14.4 Å². The summed E-state index contributed by atoms with van der Waals surface area (Å²) in [5.74, 6) is 1.87. The number of hydrogen-bond donors (Lipinski definition) is 2. The number of benzene rings is 3. The van der Waals surface area contributed by atoms with E-state index in [9.17, 15) is 14.4 Å². The van der Waals surface area contributed by atoms with Crippen molar-refractivity contribution in [3.8, 4) is 33.6 Å². The van der Waals surface area contributed by atoms with Gasteiger partial charge in [-0.2, -0.15) is 0 Å². The van der Waals surface area contributed by atoms with Crippen molar-refractivity contribution in [1.29, 1.82) is 0 Å². The molecule has 0 radical (unpaired) electrons. The van der Waals surface area contributed by atoms with E-state index in [2.05, 4.69) is 85.4 Å². The number of rotatable bonds is 11. The molecule has 0 aliphatic carbocycles. The van der Waals surface area contributed by atoms with Gasteiger partial charge in [0.1, 0.15) is 23.5 Å². The van der Waals surface area contributed by atoms with Crippen LogP contribution in [0.2, 0.25) is 0 Å². The summed E-state index contributed by atoms with van der Waals surface area (Å²) >= 11 is 0. The largest absolute Gasteiger partial charge is 0.340 e. The first-order valence-corrected chi connectivity index (χ1v) is 19.6. The average Bonchev–Trinajstić information content (AvgIpc) is 4.05. The van der Waals surface area contributed by atoms with Crippen molar-refractivity contribution < 1.29 is 14.4 Å². The number of imidazole rings is 2. The number of hydrogen-bond acceptors (Lipinski definition) is 6. The van der Waals surface area contributed by atoms with E-state index < -0.39 is 0 Å². The highest BCUT2D eigenvalue weighted by Crippen LogP contribution is 2.37. The van der Waals surface area contributed by atoms with Crippen LogP contribution in [0, 0.1) is 0 Å². The van der Waals surface area contributed by atoms with Crippen LogP contribution >= 0.6 is 0 Å². The van der Waals surface area contributed by atoms with E-state index in [0.717, 1.165) is 109 Å². The van der Waals surface area contributed by atoms with E-state index >= 15 is 0 Å². The summed E-state index contributed by atoms with van der Waals surface area (Å²) in [7, 11) is 0. The third kappa shape index (κ3) is 7.53. The summed E-state index contributed by atoms with van der Waals surface area (Å²) in [6, 6.07) is 26.8. The monoisotopic (exact) mass is 723 g/mol. The minimum atomic E-state index is -0.259. The molecule has 8 rings (SSSR count). The predicted octanol–water partition coefficient (Wildman–Crippen LogP) is 8.06. The van der Waals surface area contributed by atoms with Gasteiger partial charge >= 0.3 is 0 Å². The molecule has 3 atom stereocenters. The number of likely N-dealkylation sites (tertiary alicyclic amines) is 3. The Hall–Kier alpha value is -5.35. The lowest BCUT2D eigenvalue weighted by Gasteiger charge is -2.37. The molecule has 2 aromatic heterocycles. The van der Waals surface area contributed by atoms with Gasteiger partial charge in [0, 0.05) is 25.9 Å². The zero-order valence-corrected chi connectivity index (χ0v) is 31.0. The van der Waals surface area contributed by atoms with Crippen molar-refractivity contribution in [3.63, 3.8) is 0 Å². The number of carbonyl (C=O) groups is 3. The fourth-order valence-electron chi connectivity index (χ4n) is 8.56. The molecule has 1 unspecified atom stereocenters. The van der Waals surface area contributed by atoms with Gasteiger partial charge in [-0.15, -0.1) is 0 Å². The van der Waals surface area contributed by atoms with E-state index in [1.165, 1.54) is 13.3 Å². The molecule has 3 aromatic carbocycles. The Morgan fingerprint density at radius 2 is 1.15 bits per heavy atom. The Morgan fingerprint density at radius 3 is 1.70 bits per heavy atom. The van der Waals surface area contributed by atoms with Crippen molar-refractivity contribution in [1.82, 2.24) is 34.6 Å². The molecule has 10 heteroatoms. The molecule has 3 aliphatic heterocycles. The third-order valence-electron chi connectivity index (χ3n) is 11.5. The Bertz CT molecular complexity index is 2060. The van der Waals surface area contributed by atoms with Crippen LogP contribution in [-0.4, -0.2) is 78.4 Å². The topological polar surface area (TPSA) is 118 Å². The summed E-state index contributed by atoms with van der Waals surface area (Å²) in [5, 5.41) is 0.